The van der Waals surface area contributed by atoms with Gasteiger partial charge in [0.1, 0.15) is 146 Å². The Balaban J connectivity index is 0.00000817. The number of carboxylic acids is 7. The molecule has 0 radical (unpaired) electrons. The van der Waals surface area contributed by atoms with E-state index >= 15 is 0 Å². The van der Waals surface area contributed by atoms with Crippen LogP contribution in [0.15, 0.2) is 0 Å². The van der Waals surface area contributed by atoms with E-state index in [0.29, 0.717) is 0 Å². The molecule has 0 amide bonds. The predicted octanol–water partition coefficient (Wildman–Crippen LogP) is -38.3. The maximum atomic E-state index is 12.2. The number of hydrogen-bond donors (Lipinski definition) is 17. The molecule has 0 aromatic heterocycles. The molecule has 30 saturated heterocycles. The fourth-order valence-electron chi connectivity index (χ4n) is 14.3. The molecule has 61 heteroatoms. The summed E-state index contributed by atoms with van der Waals surface area (Å²) >= 11 is 10.2. The molecule has 708 valence electrons. The Morgan fingerprint density at radius 1 is 0.192 bits per heavy atom. The summed E-state index contributed by atoms with van der Waals surface area (Å²) in [6, 6.07) is 0. The molecular weight excluding hydrogens is 1980 g/mol. The summed E-state index contributed by atoms with van der Waals surface area (Å²) < 4.78 is 99.1. The van der Waals surface area contributed by atoms with Crippen LogP contribution in [-0.4, -0.2) is 455 Å². The Labute approximate surface area is 935 Å². The maximum absolute atomic E-state index is 12.2. The van der Waals surface area contributed by atoms with Crippen molar-refractivity contribution in [2.75, 3.05) is 86.3 Å². The molecule has 40 atom stereocenters. The van der Waals surface area contributed by atoms with Crippen LogP contribution < -0.4 is 243 Å². The van der Waals surface area contributed by atoms with E-state index in [9.17, 15) is 151 Å². The molecule has 0 aromatic rings. The van der Waals surface area contributed by atoms with E-state index in [2.05, 4.69) is 12.6 Å². The van der Waals surface area contributed by atoms with Gasteiger partial charge in [-0.1, -0.05) is 0 Å². The minimum Gasteiger partial charge on any atom is -0.550 e. The van der Waals surface area contributed by atoms with Crippen molar-refractivity contribution in [2.24, 2.45) is 0 Å². The van der Waals surface area contributed by atoms with E-state index in [1.165, 1.54) is 0 Å². The van der Waals surface area contributed by atoms with Crippen molar-refractivity contribution < 1.29 is 434 Å². The number of rotatable bonds is 36. The fourth-order valence-corrected chi connectivity index (χ4v) is 21.4. The number of hydrogen-bond acceptors (Lipinski definition) is 54. The number of carbonyl (C=O) groups is 7. The Bertz CT molecular complexity index is 3210. The minimum atomic E-state index is -2.35. The van der Waals surface area contributed by atoms with E-state index in [-0.39, 0.29) is 259 Å². The Morgan fingerprint density at radius 3 is 0.408 bits per heavy atom. The molecule has 0 aromatic carbocycles. The van der Waals surface area contributed by atoms with Crippen molar-refractivity contribution in [3.05, 3.63) is 0 Å². The molecule has 30 aliphatic heterocycles. The Morgan fingerprint density at radius 2 is 0.300 bits per heavy atom. The summed E-state index contributed by atoms with van der Waals surface area (Å²) in [7, 11) is 0. The second-order valence-electron chi connectivity index (χ2n) is 29.6. The van der Waals surface area contributed by atoms with E-state index in [1.54, 1.807) is 0 Å². The van der Waals surface area contributed by atoms with Crippen LogP contribution >= 0.6 is 95.0 Å². The minimum absolute atomic E-state index is 0. The monoisotopic (exact) mass is 2080 g/mol. The van der Waals surface area contributed by atoms with Gasteiger partial charge in [0.05, 0.1) is 48.8 Å². The number of ether oxygens (including phenoxy) is 16. The van der Waals surface area contributed by atoms with Gasteiger partial charge in [0.25, 0.3) is 0 Å². The van der Waals surface area contributed by atoms with Crippen LogP contribution in [0.1, 0.15) is 44.9 Å². The standard InChI is InChI=1S/C69H108O46S8.7Na/c70-31(71)1-8-117-16-24-55-40(86)48(94)64(102-24)111-57-26(18-119-10-3-33(74)75)104-66(50(96)42(57)88)113-59-28(20-121-12-5-35(78)79)106-68(52(98)44(59)90)115-61-30(22-123-14-7-37(82)83)107-69(53(99)45(61)91)114-60-29(21-122-13-6-36(80)81)105-67(51(97)43(60)89)112-58-27(19-120-11-4-34(76)77)103-65(49(95)41(58)87)110-56-25(17-118-9-2-32(72)73)101-63(47(93)39(56)85)108-54-23(15-116)100-62(109-55)46(92)38(54)84;;;;;;;/h23-30,38-69,84-99,116H,1-22H2,(H,70,71)(H,72,73)(H,74,75)(H,76,77)(H,78,79)(H,80,81)(H,82,83);;;;;;;/q;7*+1/p-7/t23-,24-,25-,26-,27-,28-,29-,30-,38-,39-,40-,41-,42-,43-,44-,45-,46-,47-,48-,49-,50-,51-,52-,53-,54-,55-,56-,57-,58-,59-,60-,61-,62-,63-,64-,65-,66-,67-,68-,69-;;;;;;;/m1......./s1. The molecular formula is C69H101Na7O46S8. The normalized spacial score (nSPS) is 40.4. The number of thioether (sulfide) groups is 7. The summed E-state index contributed by atoms with van der Waals surface area (Å²) in [5, 5.41) is 275. The van der Waals surface area contributed by atoms with Crippen LogP contribution in [0.2, 0.25) is 0 Å². The van der Waals surface area contributed by atoms with Gasteiger partial charge in [-0.25, -0.2) is 0 Å². The van der Waals surface area contributed by atoms with Gasteiger partial charge in [-0.15, -0.1) is 0 Å². The summed E-state index contributed by atoms with van der Waals surface area (Å²) in [5.41, 5.74) is 0. The van der Waals surface area contributed by atoms with Crippen molar-refractivity contribution in [3.63, 3.8) is 0 Å². The predicted molar refractivity (Wildman–Crippen MR) is 407 cm³/mol. The average molecular weight is 2080 g/mol. The number of thiol groups is 1. The second-order valence-corrected chi connectivity index (χ2v) is 38.0. The SMILES string of the molecule is O=C([O-])CCSC[C@H]1O[C@@H]2O[C@H]3[C@H](O)[C@@H](O)[C@@H](O[C@H]4[C@H](O)[C@@H](O)[C@@H](O[C@H]5[C@H](O)[C@@H](O)[C@@H](O[C@H]6[C@H](O)[C@@H](O)[C@@H](O[C@H]7[C@H](O)[C@@H](O)[C@@H](O[C@H]8[C@H](O)[C@@H](O)[C@@H](O[C@H]9[C@H](O)[C@@H](O)[C@@H](O[C@H]1[C@H](O)[C@H]2O)O[C@@H]9CS)O[C@@H]8CSCCC(=O)[O-])O[C@@H]7CSCCC(=O)[O-])O[C@@H]6CSCCC(=O)[O-])O[C@@H]5CSCCC(=O)[O-])O[C@@H]4CSCCC(=O)[O-])O[C@@H]3CSCCC(=O)[O-].[Na+].[Na+].[Na+].[Na+].[Na+].[Na+].[Na+]. The van der Waals surface area contributed by atoms with Crippen molar-refractivity contribution in [2.45, 2.75) is 291 Å². The van der Waals surface area contributed by atoms with E-state index < -0.39 is 367 Å². The first kappa shape index (κ1) is 131. The molecule has 30 aliphatic rings. The molecule has 0 unspecified atom stereocenters. The maximum Gasteiger partial charge on any atom is 1.00 e. The molecule has 0 aliphatic carbocycles. The van der Waals surface area contributed by atoms with Crippen LogP contribution in [-0.2, 0) is 109 Å². The number of carboxylic acid groups (broad SMARTS) is 7. The fraction of sp³-hybridized carbons (Fsp3) is 0.899. The average Bonchev–Trinajstić information content (AvgIpc) is 0.768. The molecule has 46 nitrogen and oxygen atoms in total. The molecule has 0 saturated carbocycles. The van der Waals surface area contributed by atoms with Crippen molar-refractivity contribution in [1.29, 1.82) is 0 Å². The summed E-state index contributed by atoms with van der Waals surface area (Å²) in [6.45, 7) is 0. The molecule has 30 rings (SSSR count). The summed E-state index contributed by atoms with van der Waals surface area (Å²) in [5.74, 6) is -15.3. The summed E-state index contributed by atoms with van der Waals surface area (Å²) in [4.78, 5) is 81.4. The van der Waals surface area contributed by atoms with Crippen molar-refractivity contribution in [1.82, 2.24) is 0 Å². The van der Waals surface area contributed by atoms with Crippen LogP contribution in [0.25, 0.3) is 0 Å². The number of aliphatic carboxylic acids is 7. The van der Waals surface area contributed by atoms with Gasteiger partial charge in [-0.3, -0.25) is 0 Å². The smallest absolute Gasteiger partial charge is 0.550 e. The van der Waals surface area contributed by atoms with Crippen molar-refractivity contribution in [3.8, 4) is 0 Å². The third kappa shape index (κ3) is 37.6. The number of aliphatic hydroxyl groups excluding tert-OH is 16. The Kier molecular flexibility index (Phi) is 65.3. The van der Waals surface area contributed by atoms with Gasteiger partial charge >= 0.3 is 207 Å². The van der Waals surface area contributed by atoms with Gasteiger partial charge in [0.15, 0.2) is 50.3 Å². The quantitative estimate of drug-likeness (QED) is 0.0157. The van der Waals surface area contributed by atoms with Gasteiger partial charge in [0.2, 0.25) is 0 Å². The number of carbonyl (C=O) groups excluding carboxylic acids is 7. The first-order valence-corrected chi connectivity index (χ1v) is 47.5. The zero-order valence-electron chi connectivity index (χ0n) is 71.9. The third-order valence-electron chi connectivity index (χ3n) is 20.8. The number of aliphatic hydroxyl groups is 16. The molecule has 130 heavy (non-hydrogen) atoms. The van der Waals surface area contributed by atoms with E-state index in [0.717, 1.165) is 82.3 Å². The van der Waals surface area contributed by atoms with Crippen molar-refractivity contribution >= 4 is 137 Å². The largest absolute Gasteiger partial charge is 1.00 e. The first-order chi connectivity index (χ1) is 58.4. The topological polar surface area (TPSA) is 752 Å². The van der Waals surface area contributed by atoms with Gasteiger partial charge in [-0.05, 0) is 85.2 Å². The van der Waals surface area contributed by atoms with E-state index in [4.69, 9.17) is 75.8 Å². The van der Waals surface area contributed by atoms with Gasteiger partial charge in [0, 0.05) is 87.8 Å². The Hall–Kier alpha value is 4.81. The zero-order valence-corrected chi connectivity index (χ0v) is 92.5. The van der Waals surface area contributed by atoms with Crippen LogP contribution in [0, 0.1) is 0 Å². The third-order valence-corrected chi connectivity index (χ3v) is 28.5. The second kappa shape index (κ2) is 64.8. The molecule has 16 bridgehead atoms. The van der Waals surface area contributed by atoms with Crippen LogP contribution in [0.4, 0.5) is 0 Å². The van der Waals surface area contributed by atoms with Gasteiger partial charge < -0.3 is 227 Å². The first-order valence-electron chi connectivity index (χ1n) is 38.8. The molecule has 30 fully saturated rings. The summed E-state index contributed by atoms with van der Waals surface area (Å²) in [6.07, 6.45) is -86.1. The van der Waals surface area contributed by atoms with Crippen LogP contribution in [0.3, 0.4) is 0 Å². The van der Waals surface area contributed by atoms with Crippen LogP contribution in [0.5, 0.6) is 0 Å². The molecule has 16 N–H and O–H groups in total. The zero-order chi connectivity index (χ0) is 90.0. The molecule has 0 spiro atoms. The van der Waals surface area contributed by atoms with Gasteiger partial charge in [-0.2, -0.15) is 95.0 Å². The van der Waals surface area contributed by atoms with E-state index in [1.807, 2.05) is 0 Å². The molecule has 30 heterocycles.